The van der Waals surface area contributed by atoms with Gasteiger partial charge in [-0.25, -0.2) is 4.98 Å². The molecule has 0 radical (unpaired) electrons. The lowest BCUT2D eigenvalue weighted by molar-refractivity contribution is 0.552. The Hall–Kier alpha value is -1.64. The molecule has 0 aliphatic heterocycles. The highest BCUT2D eigenvalue weighted by molar-refractivity contribution is 5.76. The molecule has 0 saturated carbocycles. The molecular formula is C11H11NO2. The number of aryl methyl sites for hydroxylation is 3. The van der Waals surface area contributed by atoms with Crippen LogP contribution in [0.25, 0.3) is 11.1 Å². The highest BCUT2D eigenvalue weighted by atomic mass is 16.3. The molecule has 0 aliphatic rings. The Balaban J connectivity index is 3.02. The Morgan fingerprint density at radius 3 is 2.64 bits per heavy atom. The van der Waals surface area contributed by atoms with Crippen LogP contribution in [0, 0.1) is 20.8 Å². The van der Waals surface area contributed by atoms with E-state index in [9.17, 15) is 4.79 Å². The van der Waals surface area contributed by atoms with E-state index in [1.807, 2.05) is 19.9 Å². The predicted octanol–water partition coefficient (Wildman–Crippen LogP) is 2.11. The van der Waals surface area contributed by atoms with E-state index in [0.29, 0.717) is 16.9 Å². The van der Waals surface area contributed by atoms with Crippen molar-refractivity contribution in [2.75, 3.05) is 0 Å². The molecule has 0 aliphatic carbocycles. The molecule has 0 N–H and O–H groups in total. The summed E-state index contributed by atoms with van der Waals surface area (Å²) in [5, 5.41) is 0.584. The molecule has 0 spiro atoms. The maximum absolute atomic E-state index is 11.6. The SMILES string of the molecule is Cc1cc(C)c2c(=O)cc(C)oc2n1. The quantitative estimate of drug-likeness (QED) is 0.637. The summed E-state index contributed by atoms with van der Waals surface area (Å²) in [7, 11) is 0. The van der Waals surface area contributed by atoms with E-state index in [1.165, 1.54) is 6.07 Å². The van der Waals surface area contributed by atoms with Crippen LogP contribution in [0.15, 0.2) is 21.3 Å². The standard InChI is InChI=1S/C11H11NO2/c1-6-4-7(2)12-11-10(6)9(13)5-8(3)14-11/h4-5H,1-3H3. The second-order valence-electron chi connectivity index (χ2n) is 3.48. The van der Waals surface area contributed by atoms with E-state index in [1.54, 1.807) is 6.92 Å². The molecule has 3 nitrogen and oxygen atoms in total. The van der Waals surface area contributed by atoms with Crippen molar-refractivity contribution in [2.45, 2.75) is 20.8 Å². The van der Waals surface area contributed by atoms with E-state index in [0.717, 1.165) is 11.3 Å². The summed E-state index contributed by atoms with van der Waals surface area (Å²) in [6.45, 7) is 5.53. The lowest BCUT2D eigenvalue weighted by Gasteiger charge is -2.02. The van der Waals surface area contributed by atoms with Crippen molar-refractivity contribution in [3.8, 4) is 0 Å². The summed E-state index contributed by atoms with van der Waals surface area (Å²) in [5.74, 6) is 0.597. The van der Waals surface area contributed by atoms with E-state index >= 15 is 0 Å². The number of hydrogen-bond acceptors (Lipinski definition) is 3. The maximum Gasteiger partial charge on any atom is 0.230 e. The molecule has 0 fully saturated rings. The van der Waals surface area contributed by atoms with Gasteiger partial charge >= 0.3 is 0 Å². The van der Waals surface area contributed by atoms with Gasteiger partial charge in [0.2, 0.25) is 5.71 Å². The number of nitrogens with zero attached hydrogens (tertiary/aromatic N) is 1. The third-order valence-electron chi connectivity index (χ3n) is 2.15. The second kappa shape index (κ2) is 2.94. The summed E-state index contributed by atoms with van der Waals surface area (Å²) < 4.78 is 5.39. The molecule has 0 amide bonds. The minimum atomic E-state index is -0.0197. The van der Waals surface area contributed by atoms with Crippen LogP contribution >= 0.6 is 0 Å². The molecule has 2 aromatic rings. The molecule has 0 bridgehead atoms. The number of rotatable bonds is 0. The van der Waals surface area contributed by atoms with Gasteiger partial charge in [-0.3, -0.25) is 4.79 Å². The molecule has 2 heterocycles. The summed E-state index contributed by atoms with van der Waals surface area (Å²) in [6.07, 6.45) is 0. The van der Waals surface area contributed by atoms with E-state index < -0.39 is 0 Å². The van der Waals surface area contributed by atoms with Crippen LogP contribution in [0.1, 0.15) is 17.0 Å². The monoisotopic (exact) mass is 189 g/mol. The molecule has 14 heavy (non-hydrogen) atoms. The van der Waals surface area contributed by atoms with Gasteiger partial charge in [0.15, 0.2) is 5.43 Å². The minimum absolute atomic E-state index is 0.0197. The molecule has 2 rings (SSSR count). The zero-order valence-corrected chi connectivity index (χ0v) is 8.42. The number of hydrogen-bond donors (Lipinski definition) is 0. The first-order chi connectivity index (χ1) is 6.58. The van der Waals surface area contributed by atoms with Crippen LogP contribution in [-0.2, 0) is 0 Å². The Morgan fingerprint density at radius 2 is 1.93 bits per heavy atom. The van der Waals surface area contributed by atoms with Gasteiger partial charge in [-0.1, -0.05) is 0 Å². The maximum atomic E-state index is 11.6. The average molecular weight is 189 g/mol. The van der Waals surface area contributed by atoms with Gasteiger partial charge in [-0.15, -0.1) is 0 Å². The van der Waals surface area contributed by atoms with Crippen LogP contribution in [0.3, 0.4) is 0 Å². The van der Waals surface area contributed by atoms with E-state index in [2.05, 4.69) is 4.98 Å². The topological polar surface area (TPSA) is 43.1 Å². The van der Waals surface area contributed by atoms with Gasteiger partial charge in [0, 0.05) is 11.8 Å². The van der Waals surface area contributed by atoms with Crippen LogP contribution in [0.2, 0.25) is 0 Å². The first-order valence-electron chi connectivity index (χ1n) is 4.46. The molecule has 0 unspecified atom stereocenters. The highest BCUT2D eigenvalue weighted by Gasteiger charge is 2.07. The molecule has 2 aromatic heterocycles. The molecule has 0 saturated heterocycles. The first-order valence-corrected chi connectivity index (χ1v) is 4.46. The fourth-order valence-electron chi connectivity index (χ4n) is 1.61. The number of aromatic nitrogens is 1. The van der Waals surface area contributed by atoms with Crippen molar-refractivity contribution in [3.63, 3.8) is 0 Å². The largest absolute Gasteiger partial charge is 0.443 e. The zero-order valence-electron chi connectivity index (χ0n) is 8.42. The van der Waals surface area contributed by atoms with Gasteiger partial charge in [0.1, 0.15) is 5.76 Å². The van der Waals surface area contributed by atoms with Crippen molar-refractivity contribution < 1.29 is 4.42 Å². The molecule has 0 aromatic carbocycles. The summed E-state index contributed by atoms with van der Waals surface area (Å²) in [5.41, 5.74) is 2.20. The Morgan fingerprint density at radius 1 is 1.21 bits per heavy atom. The van der Waals surface area contributed by atoms with Crippen LogP contribution in [-0.4, -0.2) is 4.98 Å². The van der Waals surface area contributed by atoms with Gasteiger partial charge in [0.25, 0.3) is 0 Å². The lowest BCUT2D eigenvalue weighted by atomic mass is 10.1. The Labute approximate surface area is 81.4 Å². The summed E-state index contributed by atoms with van der Waals surface area (Å²) >= 11 is 0. The van der Waals surface area contributed by atoms with Crippen molar-refractivity contribution in [2.24, 2.45) is 0 Å². The second-order valence-corrected chi connectivity index (χ2v) is 3.48. The van der Waals surface area contributed by atoms with Crippen LogP contribution in [0.4, 0.5) is 0 Å². The zero-order chi connectivity index (χ0) is 10.3. The van der Waals surface area contributed by atoms with Crippen molar-refractivity contribution in [1.29, 1.82) is 0 Å². The smallest absolute Gasteiger partial charge is 0.230 e. The molecule has 72 valence electrons. The summed E-state index contributed by atoms with van der Waals surface area (Å²) in [4.78, 5) is 15.8. The molecule has 3 heteroatoms. The normalized spacial score (nSPS) is 10.8. The van der Waals surface area contributed by atoms with E-state index in [-0.39, 0.29) is 5.43 Å². The van der Waals surface area contributed by atoms with Crippen LogP contribution < -0.4 is 5.43 Å². The minimum Gasteiger partial charge on any atom is -0.443 e. The predicted molar refractivity (Wildman–Crippen MR) is 54.5 cm³/mol. The van der Waals surface area contributed by atoms with Crippen molar-refractivity contribution in [3.05, 3.63) is 39.4 Å². The number of pyridine rings is 1. The van der Waals surface area contributed by atoms with Gasteiger partial charge < -0.3 is 4.42 Å². The first kappa shape index (κ1) is 8.94. The van der Waals surface area contributed by atoms with Crippen molar-refractivity contribution in [1.82, 2.24) is 4.98 Å². The third-order valence-corrected chi connectivity index (χ3v) is 2.15. The number of fused-ring (bicyclic) bond motifs is 1. The van der Waals surface area contributed by atoms with E-state index in [4.69, 9.17) is 4.42 Å². The molecule has 0 atom stereocenters. The highest BCUT2D eigenvalue weighted by Crippen LogP contribution is 2.14. The fraction of sp³-hybridized carbons (Fsp3) is 0.273. The Kier molecular flexibility index (Phi) is 1.88. The average Bonchev–Trinajstić information content (AvgIpc) is 1.99. The van der Waals surface area contributed by atoms with Gasteiger partial charge in [-0.05, 0) is 32.4 Å². The fourth-order valence-corrected chi connectivity index (χ4v) is 1.61. The lowest BCUT2D eigenvalue weighted by Crippen LogP contribution is -2.04. The van der Waals surface area contributed by atoms with Gasteiger partial charge in [0.05, 0.1) is 5.39 Å². The molecular weight excluding hydrogens is 178 g/mol. The summed E-state index contributed by atoms with van der Waals surface area (Å²) in [6, 6.07) is 3.38. The third kappa shape index (κ3) is 1.31. The Bertz CT molecular complexity index is 550. The van der Waals surface area contributed by atoms with Gasteiger partial charge in [-0.2, -0.15) is 0 Å². The van der Waals surface area contributed by atoms with Crippen LogP contribution in [0.5, 0.6) is 0 Å². The van der Waals surface area contributed by atoms with Crippen molar-refractivity contribution >= 4 is 11.1 Å².